The van der Waals surface area contributed by atoms with E-state index in [0.29, 0.717) is 18.9 Å². The molecule has 9 nitrogen and oxygen atoms in total. The molecule has 1 aliphatic heterocycles. The molecule has 3 unspecified atom stereocenters. The minimum absolute atomic E-state index is 0.000975. The smallest absolute Gasteiger partial charge is 0.245 e. The first kappa shape index (κ1) is 32.5. The predicted molar refractivity (Wildman–Crippen MR) is 153 cm³/mol. The van der Waals surface area contributed by atoms with Crippen LogP contribution in [0.1, 0.15) is 31.4 Å². The summed E-state index contributed by atoms with van der Waals surface area (Å²) in [5, 5.41) is 18.2. The summed E-state index contributed by atoms with van der Waals surface area (Å²) in [6.45, 7) is 6.12. The van der Waals surface area contributed by atoms with E-state index < -0.39 is 24.6 Å². The molecule has 2 aromatic rings. The topological polar surface area (TPSA) is 120 Å². The van der Waals surface area contributed by atoms with Crippen molar-refractivity contribution in [1.82, 2.24) is 20.9 Å². The number of hydrogen-bond donors (Lipinski definition) is 4. The Hall–Kier alpha value is -3.76. The fraction of sp³-hybridized carbons (Fsp3) is 0.433. The van der Waals surface area contributed by atoms with Gasteiger partial charge >= 0.3 is 0 Å². The van der Waals surface area contributed by atoms with Gasteiger partial charge in [-0.3, -0.25) is 14.4 Å². The molecule has 0 saturated carbocycles. The molecule has 10 heteroatoms. The summed E-state index contributed by atoms with van der Waals surface area (Å²) in [6, 6.07) is 12.3. The summed E-state index contributed by atoms with van der Waals surface area (Å²) < 4.78 is 18.0. The second-order valence-corrected chi connectivity index (χ2v) is 9.57. The maximum atomic E-state index is 13.2. The Bertz CT molecular complexity index is 1100. The molecule has 0 radical (unpaired) electrons. The standard InChI is InChI=1S/C23H34N4O5.C7H7F/c1-4-16(2)21-23(31)27(3)18(15-28)22(30)26-14-20(29)24-11-7-9-17-8-5-6-10-19(17)32-13-12-25-21;1-6-2-4-7(8)5-3-6/h5-10,16,18,21,25,28H,4,11-15H2,1-3H3,(H,24,29)(H,26,30);2-5H,1H3/b9-7+;. The van der Waals surface area contributed by atoms with Gasteiger partial charge in [0.2, 0.25) is 17.7 Å². The van der Waals surface area contributed by atoms with Crippen molar-refractivity contribution in [3.63, 3.8) is 0 Å². The predicted octanol–water partition coefficient (Wildman–Crippen LogP) is 2.28. The van der Waals surface area contributed by atoms with Crippen LogP contribution in [0, 0.1) is 18.7 Å². The lowest BCUT2D eigenvalue weighted by molar-refractivity contribution is -0.143. The zero-order valence-corrected chi connectivity index (χ0v) is 23.7. The van der Waals surface area contributed by atoms with Crippen LogP contribution in [0.2, 0.25) is 0 Å². The Morgan fingerprint density at radius 3 is 2.45 bits per heavy atom. The Labute approximate surface area is 235 Å². The number of aliphatic hydroxyl groups is 1. The molecule has 0 bridgehead atoms. The van der Waals surface area contributed by atoms with Gasteiger partial charge in [0.05, 0.1) is 19.2 Å². The van der Waals surface area contributed by atoms with Crippen molar-refractivity contribution in [2.24, 2.45) is 5.92 Å². The maximum absolute atomic E-state index is 13.2. The van der Waals surface area contributed by atoms with Crippen molar-refractivity contribution < 1.29 is 28.6 Å². The van der Waals surface area contributed by atoms with Crippen molar-refractivity contribution in [2.45, 2.75) is 39.3 Å². The molecule has 4 N–H and O–H groups in total. The van der Waals surface area contributed by atoms with Crippen LogP contribution < -0.4 is 20.7 Å². The zero-order valence-electron chi connectivity index (χ0n) is 23.7. The van der Waals surface area contributed by atoms with Crippen LogP contribution in [-0.4, -0.2) is 79.7 Å². The molecule has 3 atom stereocenters. The fourth-order valence-corrected chi connectivity index (χ4v) is 3.89. The molecule has 3 amide bonds. The molecule has 0 spiro atoms. The molecule has 40 heavy (non-hydrogen) atoms. The largest absolute Gasteiger partial charge is 0.492 e. The normalized spacial score (nSPS) is 20.8. The highest BCUT2D eigenvalue weighted by molar-refractivity contribution is 5.92. The van der Waals surface area contributed by atoms with E-state index >= 15 is 0 Å². The number of halogens is 1. The highest BCUT2D eigenvalue weighted by Crippen LogP contribution is 2.19. The van der Waals surface area contributed by atoms with E-state index in [-0.39, 0.29) is 36.6 Å². The number of nitrogens with one attached hydrogen (secondary N) is 3. The molecule has 0 fully saturated rings. The minimum atomic E-state index is -1.09. The molecular formula is C30H41FN4O5. The van der Waals surface area contributed by atoms with Crippen LogP contribution in [0.5, 0.6) is 5.75 Å². The van der Waals surface area contributed by atoms with E-state index in [0.717, 1.165) is 17.5 Å². The molecule has 1 heterocycles. The fourth-order valence-electron chi connectivity index (χ4n) is 3.89. The summed E-state index contributed by atoms with van der Waals surface area (Å²) in [5.41, 5.74) is 1.96. The Morgan fingerprint density at radius 2 is 1.80 bits per heavy atom. The second kappa shape index (κ2) is 17.0. The van der Waals surface area contributed by atoms with Crippen molar-refractivity contribution in [1.29, 1.82) is 0 Å². The van der Waals surface area contributed by atoms with Crippen LogP contribution in [0.25, 0.3) is 6.08 Å². The van der Waals surface area contributed by atoms with Crippen molar-refractivity contribution in [3.8, 4) is 5.75 Å². The number of fused-ring (bicyclic) bond motifs is 1. The highest BCUT2D eigenvalue weighted by Gasteiger charge is 2.33. The number of carbonyl (C=O) groups is 3. The third kappa shape index (κ3) is 10.4. The van der Waals surface area contributed by atoms with Crippen LogP contribution in [0.3, 0.4) is 0 Å². The second-order valence-electron chi connectivity index (χ2n) is 9.57. The van der Waals surface area contributed by atoms with Crippen LogP contribution in [0.15, 0.2) is 54.6 Å². The number of carbonyl (C=O) groups excluding carboxylic acids is 3. The summed E-state index contributed by atoms with van der Waals surface area (Å²) in [6.07, 6.45) is 4.40. The third-order valence-electron chi connectivity index (χ3n) is 6.56. The van der Waals surface area contributed by atoms with Gasteiger partial charge in [-0.2, -0.15) is 0 Å². The zero-order chi connectivity index (χ0) is 29.5. The average molecular weight is 557 g/mol. The van der Waals surface area contributed by atoms with E-state index in [9.17, 15) is 23.9 Å². The molecule has 0 aliphatic carbocycles. The average Bonchev–Trinajstić information content (AvgIpc) is 2.96. The van der Waals surface area contributed by atoms with E-state index in [4.69, 9.17) is 4.74 Å². The van der Waals surface area contributed by atoms with Crippen LogP contribution in [-0.2, 0) is 14.4 Å². The van der Waals surface area contributed by atoms with Crippen molar-refractivity contribution >= 4 is 23.8 Å². The number of likely N-dealkylation sites (N-methyl/N-ethyl adjacent to an activating group) is 1. The van der Waals surface area contributed by atoms with Gasteiger partial charge in [0.1, 0.15) is 24.2 Å². The van der Waals surface area contributed by atoms with Gasteiger partial charge in [-0.25, -0.2) is 4.39 Å². The van der Waals surface area contributed by atoms with E-state index in [1.54, 1.807) is 18.2 Å². The molecule has 0 aromatic heterocycles. The Morgan fingerprint density at radius 1 is 1.10 bits per heavy atom. The number of aryl methyl sites for hydroxylation is 1. The maximum Gasteiger partial charge on any atom is 0.245 e. The number of para-hydroxylation sites is 1. The van der Waals surface area contributed by atoms with E-state index in [2.05, 4.69) is 16.0 Å². The minimum Gasteiger partial charge on any atom is -0.492 e. The van der Waals surface area contributed by atoms with Gasteiger partial charge in [-0.15, -0.1) is 0 Å². The van der Waals surface area contributed by atoms with Crippen molar-refractivity contribution in [3.05, 3.63) is 71.6 Å². The Kier molecular flexibility index (Phi) is 13.8. The highest BCUT2D eigenvalue weighted by atomic mass is 19.1. The lowest BCUT2D eigenvalue weighted by Gasteiger charge is -2.32. The lowest BCUT2D eigenvalue weighted by Crippen LogP contribution is -2.57. The first-order valence-corrected chi connectivity index (χ1v) is 13.4. The molecule has 3 rings (SSSR count). The van der Waals surface area contributed by atoms with Gasteiger partial charge in [0.25, 0.3) is 0 Å². The van der Waals surface area contributed by atoms with Gasteiger partial charge in [-0.1, -0.05) is 68.3 Å². The summed E-state index contributed by atoms with van der Waals surface area (Å²) >= 11 is 0. The number of benzene rings is 2. The number of hydrogen-bond acceptors (Lipinski definition) is 6. The molecule has 218 valence electrons. The van der Waals surface area contributed by atoms with Gasteiger partial charge in [0, 0.05) is 25.7 Å². The number of ether oxygens (including phenoxy) is 1. The summed E-state index contributed by atoms with van der Waals surface area (Å²) in [5.74, 6) is -0.736. The monoisotopic (exact) mass is 556 g/mol. The Balaban J connectivity index is 0.000000598. The van der Waals surface area contributed by atoms with Crippen molar-refractivity contribution in [2.75, 3.05) is 39.9 Å². The quantitative estimate of drug-likeness (QED) is 0.461. The molecular weight excluding hydrogens is 515 g/mol. The van der Waals surface area contributed by atoms with E-state index in [1.165, 1.54) is 24.1 Å². The first-order chi connectivity index (χ1) is 19.2. The van der Waals surface area contributed by atoms with Gasteiger partial charge in [-0.05, 0) is 31.0 Å². The third-order valence-corrected chi connectivity index (χ3v) is 6.56. The SMILES string of the molecule is CCC(C)C1NCCOc2ccccc2/C=C/CNC(=O)CNC(=O)C(CO)N(C)C1=O.Cc1ccc(F)cc1. The van der Waals surface area contributed by atoms with Crippen LogP contribution in [0.4, 0.5) is 4.39 Å². The van der Waals surface area contributed by atoms with Gasteiger partial charge in [0.15, 0.2) is 0 Å². The number of nitrogens with zero attached hydrogens (tertiary/aromatic N) is 1. The molecule has 1 aliphatic rings. The van der Waals surface area contributed by atoms with Gasteiger partial charge < -0.3 is 30.7 Å². The first-order valence-electron chi connectivity index (χ1n) is 13.4. The number of rotatable bonds is 3. The van der Waals surface area contributed by atoms with E-state index in [1.807, 2.05) is 51.1 Å². The number of amides is 3. The summed E-state index contributed by atoms with van der Waals surface area (Å²) in [4.78, 5) is 39.0. The molecule has 2 aromatic carbocycles. The summed E-state index contributed by atoms with van der Waals surface area (Å²) in [7, 11) is 1.48. The lowest BCUT2D eigenvalue weighted by atomic mass is 9.97. The number of aliphatic hydroxyl groups excluding tert-OH is 1. The molecule has 0 saturated heterocycles. The van der Waals surface area contributed by atoms with Crippen LogP contribution >= 0.6 is 0 Å².